The number of amides is 1. The lowest BCUT2D eigenvalue weighted by atomic mass is 9.81. The molecular formula is C34H36Cl2N2O7. The highest BCUT2D eigenvalue weighted by molar-refractivity contribution is 6.30. The standard InChI is InChI=1S/C34H36Cl2N2O7/c1-2-3-4-9-28(25-19-27(40)29-30(33(25)43)32(42)24-8-6-5-7-23(24)31(29)41)45-34(44)26(37-20-39)18-21-10-12-22(13-11-21)38(16-14-35)17-15-36/h5-8,10-13,19-20,26,28,40,43H,2-4,9,14-18H2,1H3,(H,37,39)/t26-,28?/m0/s1. The maximum Gasteiger partial charge on any atom is 0.329 e. The number of benzene rings is 3. The second-order valence-corrected chi connectivity index (χ2v) is 11.5. The number of unbranched alkanes of at least 4 members (excludes halogenated alkanes) is 2. The van der Waals surface area contributed by atoms with Gasteiger partial charge in [-0.05, 0) is 36.6 Å². The van der Waals surface area contributed by atoms with Crippen LogP contribution in [0.2, 0.25) is 0 Å². The third-order valence-corrected chi connectivity index (χ3v) is 8.20. The monoisotopic (exact) mass is 654 g/mol. The highest BCUT2D eigenvalue weighted by Gasteiger charge is 2.37. The fourth-order valence-electron chi connectivity index (χ4n) is 5.55. The van der Waals surface area contributed by atoms with Crippen molar-refractivity contribution in [2.45, 2.75) is 51.2 Å². The molecule has 0 saturated heterocycles. The SMILES string of the molecule is CCCCCC(OC(=O)[C@H](Cc1ccc(N(CCCl)CCCl)cc1)NC=O)c1cc(O)c2c(c1O)C(=O)c1ccccc1C2=O. The predicted octanol–water partition coefficient (Wildman–Crippen LogP) is 5.68. The van der Waals surface area contributed by atoms with Gasteiger partial charge in [-0.25, -0.2) is 4.79 Å². The maximum absolute atomic E-state index is 13.5. The number of nitrogens with zero attached hydrogens (tertiary/aromatic N) is 1. The third kappa shape index (κ3) is 7.60. The Labute approximate surface area is 272 Å². The van der Waals surface area contributed by atoms with Crippen LogP contribution in [0.1, 0.15) is 81.7 Å². The van der Waals surface area contributed by atoms with Crippen molar-refractivity contribution in [1.29, 1.82) is 0 Å². The second-order valence-electron chi connectivity index (χ2n) is 10.8. The van der Waals surface area contributed by atoms with E-state index >= 15 is 0 Å². The Morgan fingerprint density at radius 2 is 1.58 bits per heavy atom. The Morgan fingerprint density at radius 3 is 2.16 bits per heavy atom. The number of carbonyl (C=O) groups is 4. The summed E-state index contributed by atoms with van der Waals surface area (Å²) >= 11 is 11.9. The van der Waals surface area contributed by atoms with Crippen molar-refractivity contribution in [2.24, 2.45) is 0 Å². The number of fused-ring (bicyclic) bond motifs is 2. The molecule has 238 valence electrons. The quantitative estimate of drug-likeness (QED) is 0.0462. The van der Waals surface area contributed by atoms with Gasteiger partial charge < -0.3 is 25.2 Å². The minimum Gasteiger partial charge on any atom is -0.507 e. The first kappa shape index (κ1) is 33.8. The van der Waals surface area contributed by atoms with E-state index in [-0.39, 0.29) is 40.7 Å². The molecule has 0 heterocycles. The molecule has 3 aromatic carbocycles. The minimum atomic E-state index is -1.07. The van der Waals surface area contributed by atoms with Crippen molar-refractivity contribution < 1.29 is 34.1 Å². The molecule has 0 spiro atoms. The van der Waals surface area contributed by atoms with Crippen LogP contribution in [0.4, 0.5) is 5.69 Å². The largest absolute Gasteiger partial charge is 0.507 e. The van der Waals surface area contributed by atoms with Gasteiger partial charge in [0.05, 0.1) is 11.1 Å². The molecule has 3 N–H and O–H groups in total. The van der Waals surface area contributed by atoms with Gasteiger partial charge in [0.2, 0.25) is 6.41 Å². The first-order chi connectivity index (χ1) is 21.7. The van der Waals surface area contributed by atoms with Gasteiger partial charge in [-0.1, -0.05) is 56.2 Å². The highest BCUT2D eigenvalue weighted by Crippen LogP contribution is 2.43. The number of rotatable bonds is 16. The summed E-state index contributed by atoms with van der Waals surface area (Å²) < 4.78 is 5.89. The Morgan fingerprint density at radius 1 is 0.956 bits per heavy atom. The first-order valence-electron chi connectivity index (χ1n) is 14.9. The molecule has 0 fully saturated rings. The molecule has 3 aromatic rings. The second kappa shape index (κ2) is 15.8. The van der Waals surface area contributed by atoms with E-state index < -0.39 is 41.2 Å². The molecule has 4 rings (SSSR count). The van der Waals surface area contributed by atoms with Crippen molar-refractivity contribution in [3.05, 3.63) is 88.0 Å². The van der Waals surface area contributed by atoms with Crippen LogP contribution in [-0.4, -0.2) is 65.1 Å². The first-order valence-corrected chi connectivity index (χ1v) is 16.0. The lowest BCUT2D eigenvalue weighted by Gasteiger charge is -2.26. The van der Waals surface area contributed by atoms with E-state index in [0.29, 0.717) is 37.7 Å². The number of phenolic OH excluding ortho intramolecular Hbond substituents is 2. The van der Waals surface area contributed by atoms with Gasteiger partial charge in [-0.2, -0.15) is 0 Å². The highest BCUT2D eigenvalue weighted by atomic mass is 35.5. The van der Waals surface area contributed by atoms with Crippen molar-refractivity contribution in [2.75, 3.05) is 29.7 Å². The Hall–Kier alpha value is -4.08. The van der Waals surface area contributed by atoms with Gasteiger partial charge in [0, 0.05) is 53.6 Å². The fraction of sp³-hybridized carbons (Fsp3) is 0.353. The number of anilines is 1. The van der Waals surface area contributed by atoms with Crippen LogP contribution in [0.15, 0.2) is 54.6 Å². The molecule has 45 heavy (non-hydrogen) atoms. The van der Waals surface area contributed by atoms with E-state index in [1.165, 1.54) is 18.2 Å². The molecule has 0 saturated carbocycles. The molecule has 1 unspecified atom stereocenters. The third-order valence-electron chi connectivity index (χ3n) is 7.86. The van der Waals surface area contributed by atoms with Gasteiger partial charge in [-0.15, -0.1) is 23.2 Å². The van der Waals surface area contributed by atoms with Gasteiger partial charge >= 0.3 is 5.97 Å². The maximum atomic E-state index is 13.5. The van der Waals surface area contributed by atoms with Crippen molar-refractivity contribution in [1.82, 2.24) is 5.32 Å². The van der Waals surface area contributed by atoms with Gasteiger partial charge in [0.1, 0.15) is 23.6 Å². The summed E-state index contributed by atoms with van der Waals surface area (Å²) in [5, 5.41) is 24.8. The number of nitrogens with one attached hydrogen (secondary N) is 1. The van der Waals surface area contributed by atoms with Crippen molar-refractivity contribution >= 4 is 52.8 Å². The summed E-state index contributed by atoms with van der Waals surface area (Å²) in [6.45, 7) is 3.24. The lowest BCUT2D eigenvalue weighted by molar-refractivity contribution is -0.153. The average molecular weight is 656 g/mol. The predicted molar refractivity (Wildman–Crippen MR) is 173 cm³/mol. The zero-order valence-electron chi connectivity index (χ0n) is 24.9. The van der Waals surface area contributed by atoms with Crippen LogP contribution in [-0.2, 0) is 20.7 Å². The van der Waals surface area contributed by atoms with Crippen molar-refractivity contribution in [3.63, 3.8) is 0 Å². The van der Waals surface area contributed by atoms with Crippen LogP contribution in [0.3, 0.4) is 0 Å². The van der Waals surface area contributed by atoms with E-state index in [4.69, 9.17) is 27.9 Å². The smallest absolute Gasteiger partial charge is 0.329 e. The number of hydrogen-bond acceptors (Lipinski definition) is 8. The molecule has 11 heteroatoms. The zero-order valence-corrected chi connectivity index (χ0v) is 26.4. The van der Waals surface area contributed by atoms with Crippen molar-refractivity contribution in [3.8, 4) is 11.5 Å². The average Bonchev–Trinajstić information content (AvgIpc) is 3.04. The van der Waals surface area contributed by atoms with E-state index in [1.807, 2.05) is 36.1 Å². The van der Waals surface area contributed by atoms with Gasteiger partial charge in [0.15, 0.2) is 11.6 Å². The number of hydrogen-bond donors (Lipinski definition) is 3. The van der Waals surface area contributed by atoms with E-state index in [9.17, 15) is 29.4 Å². The lowest BCUT2D eigenvalue weighted by Crippen LogP contribution is -2.39. The summed E-state index contributed by atoms with van der Waals surface area (Å²) in [6.07, 6.45) is 2.00. The van der Waals surface area contributed by atoms with E-state index in [2.05, 4.69) is 5.32 Å². The van der Waals surface area contributed by atoms with Crippen LogP contribution in [0.25, 0.3) is 0 Å². The topological polar surface area (TPSA) is 133 Å². The van der Waals surface area contributed by atoms with Crippen LogP contribution < -0.4 is 10.2 Å². The molecule has 1 amide bonds. The zero-order chi connectivity index (χ0) is 32.5. The number of carbonyl (C=O) groups excluding carboxylic acids is 4. The minimum absolute atomic E-state index is 0.00381. The Kier molecular flexibility index (Phi) is 11.8. The molecule has 0 bridgehead atoms. The summed E-state index contributed by atoms with van der Waals surface area (Å²) in [6, 6.07) is 13.7. The summed E-state index contributed by atoms with van der Waals surface area (Å²) in [4.78, 5) is 53.7. The summed E-state index contributed by atoms with van der Waals surface area (Å²) in [5.74, 6) is -2.12. The molecule has 0 aromatic heterocycles. The number of ether oxygens (including phenoxy) is 1. The summed E-state index contributed by atoms with van der Waals surface area (Å²) in [5.41, 5.74) is 1.29. The molecule has 9 nitrogen and oxygen atoms in total. The van der Waals surface area contributed by atoms with Crippen LogP contribution >= 0.6 is 23.2 Å². The van der Waals surface area contributed by atoms with Gasteiger partial charge in [0.25, 0.3) is 0 Å². The number of halogens is 2. The number of ketones is 2. The summed E-state index contributed by atoms with van der Waals surface area (Å²) in [7, 11) is 0. The van der Waals surface area contributed by atoms with Gasteiger partial charge in [-0.3, -0.25) is 14.4 Å². The molecule has 2 atom stereocenters. The number of esters is 1. The molecule has 0 aliphatic heterocycles. The van der Waals surface area contributed by atoms with Crippen LogP contribution in [0, 0.1) is 0 Å². The number of phenols is 2. The molecule has 0 radical (unpaired) electrons. The number of alkyl halides is 2. The Bertz CT molecular complexity index is 1540. The fourth-order valence-corrected chi connectivity index (χ4v) is 5.96. The van der Waals surface area contributed by atoms with E-state index in [1.54, 1.807) is 12.1 Å². The molecule has 1 aliphatic rings. The normalized spacial score (nSPS) is 13.4. The number of aromatic hydroxyl groups is 2. The molecular weight excluding hydrogens is 619 g/mol. The van der Waals surface area contributed by atoms with E-state index in [0.717, 1.165) is 24.1 Å². The molecule has 1 aliphatic carbocycles. The Balaban J connectivity index is 1.62. The van der Waals surface area contributed by atoms with Crippen LogP contribution in [0.5, 0.6) is 11.5 Å².